The molecule has 0 bridgehead atoms. The van der Waals surface area contributed by atoms with Crippen molar-refractivity contribution in [2.45, 2.75) is 63.8 Å². The molecule has 182 valence electrons. The highest BCUT2D eigenvalue weighted by Crippen LogP contribution is 2.62. The number of ether oxygens (including phenoxy) is 3. The minimum atomic E-state index is -0.111. The maximum absolute atomic E-state index is 13.2. The van der Waals surface area contributed by atoms with E-state index in [0.717, 1.165) is 37.5 Å². The van der Waals surface area contributed by atoms with Crippen molar-refractivity contribution in [2.75, 3.05) is 20.3 Å². The van der Waals surface area contributed by atoms with Gasteiger partial charge in [-0.05, 0) is 73.3 Å². The van der Waals surface area contributed by atoms with Crippen molar-refractivity contribution in [1.29, 1.82) is 0 Å². The molecule has 2 saturated heterocycles. The first-order valence-electron chi connectivity index (χ1n) is 12.7. The van der Waals surface area contributed by atoms with E-state index in [0.29, 0.717) is 19.0 Å². The van der Waals surface area contributed by atoms with E-state index in [2.05, 4.69) is 24.0 Å². The summed E-state index contributed by atoms with van der Waals surface area (Å²) >= 11 is 0. The van der Waals surface area contributed by atoms with E-state index >= 15 is 0 Å². The van der Waals surface area contributed by atoms with Crippen LogP contribution in [0.3, 0.4) is 0 Å². The summed E-state index contributed by atoms with van der Waals surface area (Å²) < 4.78 is 23.1. The fourth-order valence-electron chi connectivity index (χ4n) is 7.24. The van der Waals surface area contributed by atoms with Gasteiger partial charge in [-0.1, -0.05) is 19.1 Å². The number of epoxide rings is 1. The molecule has 3 heterocycles. The number of benzene rings is 1. The Labute approximate surface area is 201 Å². The highest BCUT2D eigenvalue weighted by atomic mass is 16.6. The van der Waals surface area contributed by atoms with Gasteiger partial charge in [-0.2, -0.15) is 0 Å². The first kappa shape index (κ1) is 22.2. The number of carbonyl (C=O) groups excluding carboxylic acids is 1. The fraction of sp³-hybridized carbons (Fsp3) is 0.607. The average Bonchev–Trinajstić information content (AvgIpc) is 3.27. The van der Waals surface area contributed by atoms with Crippen LogP contribution in [0.15, 0.2) is 47.1 Å². The van der Waals surface area contributed by atoms with E-state index in [1.807, 2.05) is 24.3 Å². The lowest BCUT2D eigenvalue weighted by molar-refractivity contribution is -0.147. The Morgan fingerprint density at radius 2 is 1.97 bits per heavy atom. The van der Waals surface area contributed by atoms with E-state index in [4.69, 9.17) is 18.6 Å². The summed E-state index contributed by atoms with van der Waals surface area (Å²) in [6, 6.07) is 12.1. The maximum Gasteiger partial charge on any atom is 0.310 e. The average molecular weight is 466 g/mol. The fourth-order valence-corrected chi connectivity index (χ4v) is 7.24. The number of rotatable bonds is 7. The second-order valence-electron chi connectivity index (χ2n) is 11.2. The zero-order valence-corrected chi connectivity index (χ0v) is 20.2. The van der Waals surface area contributed by atoms with Crippen LogP contribution in [0.4, 0.5) is 0 Å². The van der Waals surface area contributed by atoms with Crippen molar-refractivity contribution in [3.8, 4) is 5.75 Å². The Balaban J connectivity index is 1.22. The highest BCUT2D eigenvalue weighted by Gasteiger charge is 2.65. The summed E-state index contributed by atoms with van der Waals surface area (Å²) in [4.78, 5) is 15.5. The van der Waals surface area contributed by atoms with Crippen LogP contribution in [-0.4, -0.2) is 42.8 Å². The van der Waals surface area contributed by atoms with Crippen LogP contribution in [0.1, 0.15) is 50.4 Å². The van der Waals surface area contributed by atoms with E-state index in [9.17, 15) is 4.79 Å². The second-order valence-corrected chi connectivity index (χ2v) is 11.2. The summed E-state index contributed by atoms with van der Waals surface area (Å²) in [5, 5.41) is 0. The summed E-state index contributed by atoms with van der Waals surface area (Å²) in [6.45, 7) is 5.37. The molecule has 0 amide bonds. The molecule has 0 radical (unpaired) electrons. The van der Waals surface area contributed by atoms with Crippen LogP contribution in [0, 0.1) is 23.2 Å². The smallest absolute Gasteiger partial charge is 0.310 e. The Hall–Kier alpha value is -2.31. The van der Waals surface area contributed by atoms with Crippen LogP contribution < -0.4 is 4.74 Å². The lowest BCUT2D eigenvalue weighted by Gasteiger charge is -2.51. The molecule has 6 atom stereocenters. The third-order valence-corrected chi connectivity index (χ3v) is 9.06. The number of methoxy groups -OCH3 is 1. The van der Waals surface area contributed by atoms with Crippen molar-refractivity contribution >= 4 is 5.97 Å². The molecule has 2 aromatic rings. The zero-order valence-electron chi connectivity index (χ0n) is 20.2. The second kappa shape index (κ2) is 8.42. The summed E-state index contributed by atoms with van der Waals surface area (Å²) in [6.07, 6.45) is 7.38. The molecule has 1 aromatic heterocycles. The zero-order chi connectivity index (χ0) is 23.3. The summed E-state index contributed by atoms with van der Waals surface area (Å²) in [5.41, 5.74) is 1.48. The van der Waals surface area contributed by atoms with E-state index in [1.165, 1.54) is 24.8 Å². The van der Waals surface area contributed by atoms with Gasteiger partial charge in [-0.15, -0.1) is 0 Å². The third kappa shape index (κ3) is 3.95. The molecule has 4 aliphatic rings. The Morgan fingerprint density at radius 3 is 2.68 bits per heavy atom. The van der Waals surface area contributed by atoms with Crippen molar-refractivity contribution in [3.05, 3.63) is 54.0 Å². The van der Waals surface area contributed by atoms with E-state index in [-0.39, 0.29) is 34.9 Å². The molecule has 4 fully saturated rings. The lowest BCUT2D eigenvalue weighted by Crippen LogP contribution is -2.51. The van der Waals surface area contributed by atoms with E-state index < -0.39 is 0 Å². The standard InChI is InChI=1S/C28H35NO5/c1-27-10-4-11-28(18-33-28)25(27)13-22-23(26(30)34-24(22)14-27)17-29(16-21-5-3-12-32-21)15-19-6-8-20(31-2)9-7-19/h3,5-9,12,22-25H,4,10-11,13-18H2,1-2H3/t22-,23-,24-,25-,27-,28+/m1/s1. The van der Waals surface area contributed by atoms with Gasteiger partial charge in [0.1, 0.15) is 17.6 Å². The normalized spacial score (nSPS) is 36.3. The van der Waals surface area contributed by atoms with Crippen molar-refractivity contribution in [3.63, 3.8) is 0 Å². The minimum absolute atomic E-state index is 0.0258. The van der Waals surface area contributed by atoms with Gasteiger partial charge in [0.05, 0.1) is 38.0 Å². The Kier molecular flexibility index (Phi) is 5.49. The van der Waals surface area contributed by atoms with Gasteiger partial charge in [-0.25, -0.2) is 0 Å². The van der Waals surface area contributed by atoms with Gasteiger partial charge < -0.3 is 18.6 Å². The SMILES string of the molecule is COc1ccc(CN(Cc2ccco2)C[C@H]2C(=O)O[C@@H]3C[C@@]4(C)CCC[C@]5(CO5)[C@@H]4C[C@@H]32)cc1. The lowest BCUT2D eigenvalue weighted by atomic mass is 9.53. The monoisotopic (exact) mass is 465 g/mol. The van der Waals surface area contributed by atoms with Crippen molar-refractivity contribution in [1.82, 2.24) is 4.90 Å². The molecule has 1 spiro atoms. The van der Waals surface area contributed by atoms with Crippen molar-refractivity contribution in [2.24, 2.45) is 23.2 Å². The van der Waals surface area contributed by atoms with Gasteiger partial charge in [0.2, 0.25) is 0 Å². The van der Waals surface area contributed by atoms with Crippen LogP contribution in [0.5, 0.6) is 5.75 Å². The highest BCUT2D eigenvalue weighted by molar-refractivity contribution is 5.75. The van der Waals surface area contributed by atoms with Gasteiger partial charge >= 0.3 is 5.97 Å². The van der Waals surface area contributed by atoms with Gasteiger partial charge in [0.25, 0.3) is 0 Å². The third-order valence-electron chi connectivity index (χ3n) is 9.06. The van der Waals surface area contributed by atoms with Gasteiger partial charge in [0, 0.05) is 19.0 Å². The summed E-state index contributed by atoms with van der Waals surface area (Å²) in [7, 11) is 1.68. The predicted octanol–water partition coefficient (Wildman–Crippen LogP) is 4.82. The van der Waals surface area contributed by atoms with E-state index in [1.54, 1.807) is 13.4 Å². The first-order valence-corrected chi connectivity index (χ1v) is 12.7. The molecular formula is C28H35NO5. The van der Waals surface area contributed by atoms with Crippen LogP contribution in [0.2, 0.25) is 0 Å². The molecule has 2 saturated carbocycles. The number of carbonyl (C=O) groups is 1. The first-order chi connectivity index (χ1) is 16.5. The molecule has 6 rings (SSSR count). The minimum Gasteiger partial charge on any atom is -0.497 e. The molecular weight excluding hydrogens is 430 g/mol. The topological polar surface area (TPSA) is 64.4 Å². The van der Waals surface area contributed by atoms with Gasteiger partial charge in [-0.3, -0.25) is 9.69 Å². The van der Waals surface area contributed by atoms with Crippen LogP contribution in [-0.2, 0) is 27.4 Å². The summed E-state index contributed by atoms with van der Waals surface area (Å²) in [5.74, 6) is 2.41. The van der Waals surface area contributed by atoms with Crippen molar-refractivity contribution < 1.29 is 23.4 Å². The molecule has 2 aliphatic carbocycles. The quantitative estimate of drug-likeness (QED) is 0.432. The molecule has 6 heteroatoms. The molecule has 0 N–H and O–H groups in total. The number of furan rings is 1. The molecule has 6 nitrogen and oxygen atoms in total. The maximum atomic E-state index is 13.2. The number of hydrogen-bond donors (Lipinski definition) is 0. The number of fused-ring (bicyclic) bond motifs is 3. The van der Waals surface area contributed by atoms with Crippen LogP contribution in [0.25, 0.3) is 0 Å². The predicted molar refractivity (Wildman–Crippen MR) is 126 cm³/mol. The number of hydrogen-bond acceptors (Lipinski definition) is 6. The Morgan fingerprint density at radius 1 is 1.15 bits per heavy atom. The van der Waals surface area contributed by atoms with Gasteiger partial charge in [0.15, 0.2) is 0 Å². The molecule has 2 aliphatic heterocycles. The number of esters is 1. The van der Waals surface area contributed by atoms with Crippen LogP contribution >= 0.6 is 0 Å². The molecule has 1 aromatic carbocycles. The Bertz CT molecular complexity index is 1010. The largest absolute Gasteiger partial charge is 0.497 e. The number of nitrogens with zero attached hydrogens (tertiary/aromatic N) is 1. The molecule has 0 unspecified atom stereocenters. The molecule has 34 heavy (non-hydrogen) atoms.